The quantitative estimate of drug-likeness (QED) is 0.827. The summed E-state index contributed by atoms with van der Waals surface area (Å²) in [5, 5.41) is 0. The summed E-state index contributed by atoms with van der Waals surface area (Å²) in [6.45, 7) is 11.2. The van der Waals surface area contributed by atoms with Crippen molar-refractivity contribution in [2.45, 2.75) is 33.8 Å². The Hall–Kier alpha value is -0.320. The number of amides is 1. The molecule has 1 aliphatic carbocycles. The van der Waals surface area contributed by atoms with Crippen LogP contribution in [0.2, 0.25) is 0 Å². The highest BCUT2D eigenvalue weighted by Crippen LogP contribution is 2.68. The van der Waals surface area contributed by atoms with E-state index in [9.17, 15) is 4.79 Å². The molecule has 106 valence electrons. The molecule has 2 N–H and O–H groups in total. The van der Waals surface area contributed by atoms with Crippen molar-refractivity contribution in [3.63, 3.8) is 0 Å². The normalized spacial score (nSPS) is 29.6. The summed E-state index contributed by atoms with van der Waals surface area (Å²) in [7, 11) is 0. The Morgan fingerprint density at radius 3 is 2.33 bits per heavy atom. The molecule has 2 aliphatic rings. The van der Waals surface area contributed by atoms with Crippen molar-refractivity contribution >= 4 is 18.3 Å². The fourth-order valence-corrected chi connectivity index (χ4v) is 3.06. The van der Waals surface area contributed by atoms with Crippen LogP contribution in [0, 0.1) is 16.7 Å². The molecular formula is C13H25ClN2O2. The molecule has 1 unspecified atom stereocenters. The van der Waals surface area contributed by atoms with Gasteiger partial charge >= 0.3 is 0 Å². The van der Waals surface area contributed by atoms with E-state index in [0.717, 1.165) is 0 Å². The minimum Gasteiger partial charge on any atom is -0.373 e. The Morgan fingerprint density at radius 2 is 1.89 bits per heavy atom. The minimum absolute atomic E-state index is 0. The Morgan fingerprint density at radius 1 is 1.33 bits per heavy atom. The van der Waals surface area contributed by atoms with Crippen molar-refractivity contribution < 1.29 is 9.53 Å². The minimum atomic E-state index is 0. The van der Waals surface area contributed by atoms with Gasteiger partial charge < -0.3 is 15.4 Å². The second-order valence-electron chi connectivity index (χ2n) is 6.39. The van der Waals surface area contributed by atoms with E-state index in [-0.39, 0.29) is 41.2 Å². The van der Waals surface area contributed by atoms with Gasteiger partial charge in [0, 0.05) is 25.6 Å². The maximum absolute atomic E-state index is 12.5. The number of nitrogens with two attached hydrogens (primary N) is 1. The first-order valence-electron chi connectivity index (χ1n) is 6.43. The zero-order chi connectivity index (χ0) is 12.8. The van der Waals surface area contributed by atoms with Crippen LogP contribution in [0.5, 0.6) is 0 Å². The smallest absolute Gasteiger partial charge is 0.226 e. The zero-order valence-corrected chi connectivity index (χ0v) is 12.5. The highest BCUT2D eigenvalue weighted by atomic mass is 35.5. The number of hydrogen-bond donors (Lipinski definition) is 1. The van der Waals surface area contributed by atoms with Gasteiger partial charge in [0.2, 0.25) is 5.91 Å². The second-order valence-corrected chi connectivity index (χ2v) is 6.39. The van der Waals surface area contributed by atoms with E-state index in [0.29, 0.717) is 26.2 Å². The van der Waals surface area contributed by atoms with E-state index < -0.39 is 0 Å². The van der Waals surface area contributed by atoms with Crippen molar-refractivity contribution in [3.05, 3.63) is 0 Å². The number of carbonyl (C=O) groups is 1. The molecule has 2 rings (SSSR count). The molecular weight excluding hydrogens is 252 g/mol. The lowest BCUT2D eigenvalue weighted by Gasteiger charge is -2.33. The maximum Gasteiger partial charge on any atom is 0.226 e. The van der Waals surface area contributed by atoms with Gasteiger partial charge in [0.25, 0.3) is 0 Å². The number of carbonyl (C=O) groups excluding carboxylic acids is 1. The highest BCUT2D eigenvalue weighted by molar-refractivity contribution is 5.85. The summed E-state index contributed by atoms with van der Waals surface area (Å²) in [4.78, 5) is 14.4. The molecule has 0 aromatic carbocycles. The first-order chi connectivity index (χ1) is 7.82. The van der Waals surface area contributed by atoms with Crippen LogP contribution in [0.1, 0.15) is 27.7 Å². The Kier molecular flexibility index (Phi) is 4.36. The van der Waals surface area contributed by atoms with Crippen LogP contribution in [-0.4, -0.2) is 43.2 Å². The number of hydrogen-bond acceptors (Lipinski definition) is 3. The lowest BCUT2D eigenvalue weighted by atomic mass is 10.0. The molecule has 4 nitrogen and oxygen atoms in total. The molecule has 1 amide bonds. The van der Waals surface area contributed by atoms with Crippen molar-refractivity contribution in [2.24, 2.45) is 22.5 Å². The van der Waals surface area contributed by atoms with Crippen molar-refractivity contribution in [1.82, 2.24) is 4.90 Å². The van der Waals surface area contributed by atoms with Crippen molar-refractivity contribution in [2.75, 3.05) is 26.2 Å². The third kappa shape index (κ3) is 2.26. The van der Waals surface area contributed by atoms with Crippen molar-refractivity contribution in [3.8, 4) is 0 Å². The summed E-state index contributed by atoms with van der Waals surface area (Å²) in [5.41, 5.74) is 5.82. The van der Waals surface area contributed by atoms with Crippen LogP contribution in [0.3, 0.4) is 0 Å². The van der Waals surface area contributed by atoms with E-state index in [1.807, 2.05) is 4.90 Å². The van der Waals surface area contributed by atoms with Crippen LogP contribution >= 0.6 is 12.4 Å². The third-order valence-corrected chi connectivity index (χ3v) is 4.98. The SMILES string of the molecule is CC1(C)C(C(=O)N2CCOC(CN)C2)C1(C)C.Cl. The van der Waals surface area contributed by atoms with Crippen LogP contribution in [-0.2, 0) is 9.53 Å². The van der Waals surface area contributed by atoms with Gasteiger partial charge in [0.15, 0.2) is 0 Å². The molecule has 0 aromatic heterocycles. The number of ether oxygens (including phenoxy) is 1. The first kappa shape index (κ1) is 15.7. The molecule has 0 radical (unpaired) electrons. The van der Waals surface area contributed by atoms with Gasteiger partial charge in [-0.3, -0.25) is 4.79 Å². The molecule has 18 heavy (non-hydrogen) atoms. The van der Waals surface area contributed by atoms with E-state index in [1.54, 1.807) is 0 Å². The Bertz CT molecular complexity index is 317. The van der Waals surface area contributed by atoms with Gasteiger partial charge in [-0.2, -0.15) is 0 Å². The van der Waals surface area contributed by atoms with Gasteiger partial charge in [-0.15, -0.1) is 12.4 Å². The Balaban J connectivity index is 0.00000162. The van der Waals surface area contributed by atoms with Gasteiger partial charge in [0.05, 0.1) is 12.7 Å². The molecule has 1 aliphatic heterocycles. The Labute approximate surface area is 116 Å². The summed E-state index contributed by atoms with van der Waals surface area (Å²) >= 11 is 0. The topological polar surface area (TPSA) is 55.6 Å². The highest BCUT2D eigenvalue weighted by Gasteiger charge is 2.68. The summed E-state index contributed by atoms with van der Waals surface area (Å²) in [5.74, 6) is 0.424. The molecule has 1 atom stereocenters. The van der Waals surface area contributed by atoms with Gasteiger partial charge in [-0.05, 0) is 10.8 Å². The predicted molar refractivity (Wildman–Crippen MR) is 73.7 cm³/mol. The number of halogens is 1. The third-order valence-electron chi connectivity index (χ3n) is 4.98. The maximum atomic E-state index is 12.5. The molecule has 0 bridgehead atoms. The van der Waals surface area contributed by atoms with E-state index in [1.165, 1.54) is 0 Å². The van der Waals surface area contributed by atoms with Gasteiger partial charge in [-0.1, -0.05) is 27.7 Å². The fourth-order valence-electron chi connectivity index (χ4n) is 3.06. The molecule has 1 saturated heterocycles. The predicted octanol–water partition coefficient (Wildman–Crippen LogP) is 1.28. The van der Waals surface area contributed by atoms with Crippen LogP contribution in [0.4, 0.5) is 0 Å². The zero-order valence-electron chi connectivity index (χ0n) is 11.7. The average molecular weight is 277 g/mol. The fraction of sp³-hybridized carbons (Fsp3) is 0.923. The summed E-state index contributed by atoms with van der Waals surface area (Å²) in [6.07, 6.45) is 0.0117. The van der Waals surface area contributed by atoms with Crippen molar-refractivity contribution in [1.29, 1.82) is 0 Å². The van der Waals surface area contributed by atoms with Crippen LogP contribution in [0.25, 0.3) is 0 Å². The van der Waals surface area contributed by atoms with E-state index in [2.05, 4.69) is 27.7 Å². The second kappa shape index (κ2) is 4.99. The molecule has 1 heterocycles. The average Bonchev–Trinajstić information content (AvgIpc) is 2.69. The van der Waals surface area contributed by atoms with Crippen LogP contribution in [0.15, 0.2) is 0 Å². The standard InChI is InChI=1S/C13H24N2O2.ClH/c1-12(2)10(13(12,3)4)11(16)15-5-6-17-9(7-14)8-15;/h9-10H,5-8,14H2,1-4H3;1H. The molecule has 2 fully saturated rings. The van der Waals surface area contributed by atoms with Gasteiger partial charge in [-0.25, -0.2) is 0 Å². The number of rotatable bonds is 2. The van der Waals surface area contributed by atoms with E-state index >= 15 is 0 Å². The molecule has 0 spiro atoms. The molecule has 1 saturated carbocycles. The molecule has 0 aromatic rings. The monoisotopic (exact) mass is 276 g/mol. The largest absolute Gasteiger partial charge is 0.373 e. The summed E-state index contributed by atoms with van der Waals surface area (Å²) in [6, 6.07) is 0. The lowest BCUT2D eigenvalue weighted by molar-refractivity contribution is -0.141. The number of morpholine rings is 1. The summed E-state index contributed by atoms with van der Waals surface area (Å²) < 4.78 is 5.49. The van der Waals surface area contributed by atoms with E-state index in [4.69, 9.17) is 10.5 Å². The number of nitrogens with zero attached hydrogens (tertiary/aromatic N) is 1. The lowest BCUT2D eigenvalue weighted by Crippen LogP contribution is -2.49. The molecule has 5 heteroatoms. The first-order valence-corrected chi connectivity index (χ1v) is 6.43. The van der Waals surface area contributed by atoms with Crippen LogP contribution < -0.4 is 5.73 Å². The van der Waals surface area contributed by atoms with Gasteiger partial charge in [0.1, 0.15) is 0 Å².